The summed E-state index contributed by atoms with van der Waals surface area (Å²) in [5.41, 5.74) is 0.788. The smallest absolute Gasteiger partial charge is 0.246 e. The standard InChI is InChI=1S/C19H25FN2O2/c1-3-21(4-2)19(24)16-11-13-22(14-12-16)18(23)10-7-15-5-8-17(20)9-6-15/h5-10,16H,3-4,11-14H2,1-2H3/b10-7-. The summed E-state index contributed by atoms with van der Waals surface area (Å²) < 4.78 is 12.9. The van der Waals surface area contributed by atoms with Crippen LogP contribution in [0, 0.1) is 11.7 Å². The van der Waals surface area contributed by atoms with E-state index >= 15 is 0 Å². The highest BCUT2D eigenvalue weighted by molar-refractivity contribution is 5.92. The second kappa shape index (κ2) is 8.62. The maximum Gasteiger partial charge on any atom is 0.246 e. The molecular weight excluding hydrogens is 307 g/mol. The van der Waals surface area contributed by atoms with Crippen LogP contribution in [0.1, 0.15) is 32.3 Å². The monoisotopic (exact) mass is 332 g/mol. The second-order valence-corrected chi connectivity index (χ2v) is 5.99. The first kappa shape index (κ1) is 18.2. The Morgan fingerprint density at radius 3 is 2.29 bits per heavy atom. The number of likely N-dealkylation sites (tertiary alicyclic amines) is 1. The van der Waals surface area contributed by atoms with Crippen LogP contribution in [0.5, 0.6) is 0 Å². The summed E-state index contributed by atoms with van der Waals surface area (Å²) in [6.45, 7) is 6.64. The summed E-state index contributed by atoms with van der Waals surface area (Å²) in [6, 6.07) is 6.01. The van der Waals surface area contributed by atoms with Crippen LogP contribution in [-0.4, -0.2) is 47.8 Å². The first-order valence-electron chi connectivity index (χ1n) is 8.56. The third-order valence-electron chi connectivity index (χ3n) is 4.52. The SMILES string of the molecule is CCN(CC)C(=O)C1CCN(C(=O)/C=C\c2ccc(F)cc2)CC1. The van der Waals surface area contributed by atoms with Crippen molar-refractivity contribution < 1.29 is 14.0 Å². The number of benzene rings is 1. The highest BCUT2D eigenvalue weighted by Gasteiger charge is 2.28. The molecule has 1 aromatic carbocycles. The van der Waals surface area contributed by atoms with E-state index in [2.05, 4.69) is 0 Å². The summed E-state index contributed by atoms with van der Waals surface area (Å²) in [5, 5.41) is 0. The van der Waals surface area contributed by atoms with E-state index in [-0.39, 0.29) is 23.5 Å². The molecule has 0 spiro atoms. The molecule has 24 heavy (non-hydrogen) atoms. The molecule has 2 amide bonds. The first-order chi connectivity index (χ1) is 11.5. The summed E-state index contributed by atoms with van der Waals surface area (Å²) in [5.74, 6) is -0.129. The fraction of sp³-hybridized carbons (Fsp3) is 0.474. The Hall–Kier alpha value is -2.17. The molecule has 0 saturated carbocycles. The number of piperidine rings is 1. The van der Waals surface area contributed by atoms with E-state index in [1.807, 2.05) is 18.7 Å². The topological polar surface area (TPSA) is 40.6 Å². The highest BCUT2D eigenvalue weighted by atomic mass is 19.1. The largest absolute Gasteiger partial charge is 0.343 e. The van der Waals surface area contributed by atoms with E-state index < -0.39 is 0 Å². The lowest BCUT2D eigenvalue weighted by Gasteiger charge is -2.33. The number of carbonyl (C=O) groups excluding carboxylic acids is 2. The van der Waals surface area contributed by atoms with Crippen LogP contribution in [0.25, 0.3) is 6.08 Å². The lowest BCUT2D eigenvalue weighted by atomic mass is 9.95. The quantitative estimate of drug-likeness (QED) is 0.778. The molecule has 1 fully saturated rings. The molecule has 0 aromatic heterocycles. The van der Waals surface area contributed by atoms with Crippen LogP contribution >= 0.6 is 0 Å². The van der Waals surface area contributed by atoms with Crippen molar-refractivity contribution in [3.05, 3.63) is 41.7 Å². The van der Waals surface area contributed by atoms with E-state index in [1.54, 1.807) is 23.1 Å². The van der Waals surface area contributed by atoms with Crippen LogP contribution in [0.15, 0.2) is 30.3 Å². The summed E-state index contributed by atoms with van der Waals surface area (Å²) in [6.07, 6.45) is 4.63. The van der Waals surface area contributed by atoms with Gasteiger partial charge in [0.25, 0.3) is 0 Å². The van der Waals surface area contributed by atoms with Gasteiger partial charge in [-0.25, -0.2) is 4.39 Å². The van der Waals surface area contributed by atoms with Crippen molar-refractivity contribution in [2.75, 3.05) is 26.2 Å². The molecule has 1 aliphatic rings. The van der Waals surface area contributed by atoms with Crippen molar-refractivity contribution in [1.29, 1.82) is 0 Å². The Labute approximate surface area is 142 Å². The molecule has 1 saturated heterocycles. The first-order valence-corrected chi connectivity index (χ1v) is 8.56. The Balaban J connectivity index is 1.86. The average Bonchev–Trinajstić information content (AvgIpc) is 2.62. The van der Waals surface area contributed by atoms with Gasteiger partial charge in [-0.15, -0.1) is 0 Å². The minimum absolute atomic E-state index is 0.0232. The molecule has 5 heteroatoms. The van der Waals surface area contributed by atoms with Gasteiger partial charge in [-0.2, -0.15) is 0 Å². The number of halogens is 1. The van der Waals surface area contributed by atoms with Gasteiger partial charge in [-0.05, 0) is 50.5 Å². The molecule has 0 bridgehead atoms. The molecule has 1 aromatic rings. The maximum absolute atomic E-state index is 12.9. The van der Waals surface area contributed by atoms with Crippen molar-refractivity contribution in [2.45, 2.75) is 26.7 Å². The minimum atomic E-state index is -0.293. The van der Waals surface area contributed by atoms with Crippen LogP contribution in [-0.2, 0) is 9.59 Å². The minimum Gasteiger partial charge on any atom is -0.343 e. The predicted molar refractivity (Wildman–Crippen MR) is 92.7 cm³/mol. The zero-order valence-corrected chi connectivity index (χ0v) is 14.4. The number of nitrogens with zero attached hydrogens (tertiary/aromatic N) is 2. The van der Waals surface area contributed by atoms with Crippen molar-refractivity contribution in [2.24, 2.45) is 5.92 Å². The van der Waals surface area contributed by atoms with Gasteiger partial charge in [0.05, 0.1) is 0 Å². The lowest BCUT2D eigenvalue weighted by Crippen LogP contribution is -2.44. The van der Waals surface area contributed by atoms with Gasteiger partial charge in [-0.3, -0.25) is 9.59 Å². The van der Waals surface area contributed by atoms with Crippen molar-refractivity contribution >= 4 is 17.9 Å². The Morgan fingerprint density at radius 2 is 1.75 bits per heavy atom. The van der Waals surface area contributed by atoms with Crippen LogP contribution in [0.4, 0.5) is 4.39 Å². The second-order valence-electron chi connectivity index (χ2n) is 5.99. The van der Waals surface area contributed by atoms with E-state index in [1.165, 1.54) is 18.2 Å². The summed E-state index contributed by atoms with van der Waals surface area (Å²) in [4.78, 5) is 28.2. The van der Waals surface area contributed by atoms with Crippen molar-refractivity contribution in [1.82, 2.24) is 9.80 Å². The van der Waals surface area contributed by atoms with Gasteiger partial charge in [0.15, 0.2) is 0 Å². The van der Waals surface area contributed by atoms with Gasteiger partial charge in [0.1, 0.15) is 5.82 Å². The van der Waals surface area contributed by atoms with Gasteiger partial charge in [0.2, 0.25) is 11.8 Å². The molecule has 1 aliphatic heterocycles. The maximum atomic E-state index is 12.9. The molecule has 0 unspecified atom stereocenters. The number of rotatable bonds is 5. The van der Waals surface area contributed by atoms with E-state index in [4.69, 9.17) is 0 Å². The third-order valence-corrected chi connectivity index (χ3v) is 4.52. The van der Waals surface area contributed by atoms with Crippen LogP contribution < -0.4 is 0 Å². The molecule has 0 aliphatic carbocycles. The Kier molecular flexibility index (Phi) is 6.53. The number of hydrogen-bond donors (Lipinski definition) is 0. The Morgan fingerprint density at radius 1 is 1.17 bits per heavy atom. The summed E-state index contributed by atoms with van der Waals surface area (Å²) >= 11 is 0. The molecule has 0 atom stereocenters. The molecule has 0 N–H and O–H groups in total. The summed E-state index contributed by atoms with van der Waals surface area (Å²) in [7, 11) is 0. The molecule has 0 radical (unpaired) electrons. The zero-order valence-electron chi connectivity index (χ0n) is 14.4. The van der Waals surface area contributed by atoms with Gasteiger partial charge < -0.3 is 9.80 Å². The van der Waals surface area contributed by atoms with Crippen LogP contribution in [0.2, 0.25) is 0 Å². The number of hydrogen-bond acceptors (Lipinski definition) is 2. The number of carbonyl (C=O) groups is 2. The van der Waals surface area contributed by atoms with Gasteiger partial charge in [-0.1, -0.05) is 12.1 Å². The van der Waals surface area contributed by atoms with Gasteiger partial charge in [0, 0.05) is 38.2 Å². The molecule has 130 valence electrons. The van der Waals surface area contributed by atoms with Gasteiger partial charge >= 0.3 is 0 Å². The Bertz CT molecular complexity index is 586. The fourth-order valence-electron chi connectivity index (χ4n) is 2.99. The molecule has 2 rings (SSSR count). The van der Waals surface area contributed by atoms with Crippen molar-refractivity contribution in [3.63, 3.8) is 0 Å². The zero-order chi connectivity index (χ0) is 17.5. The van der Waals surface area contributed by atoms with E-state index in [0.717, 1.165) is 18.7 Å². The van der Waals surface area contributed by atoms with Crippen molar-refractivity contribution in [3.8, 4) is 0 Å². The number of amides is 2. The molecule has 4 nitrogen and oxygen atoms in total. The fourth-order valence-corrected chi connectivity index (χ4v) is 2.99. The molecular formula is C19H25FN2O2. The lowest BCUT2D eigenvalue weighted by molar-refractivity contribution is -0.139. The average molecular weight is 332 g/mol. The van der Waals surface area contributed by atoms with E-state index in [0.29, 0.717) is 25.9 Å². The predicted octanol–water partition coefficient (Wildman–Crippen LogP) is 2.95. The van der Waals surface area contributed by atoms with Crippen LogP contribution in [0.3, 0.4) is 0 Å². The van der Waals surface area contributed by atoms with E-state index in [9.17, 15) is 14.0 Å². The third kappa shape index (κ3) is 4.66. The molecule has 1 heterocycles. The highest BCUT2D eigenvalue weighted by Crippen LogP contribution is 2.20. The normalized spacial score (nSPS) is 15.7.